The zero-order valence-electron chi connectivity index (χ0n) is 13.0. The van der Waals surface area contributed by atoms with E-state index in [0.717, 1.165) is 51.4 Å². The fourth-order valence-corrected chi connectivity index (χ4v) is 3.26. The quantitative estimate of drug-likeness (QED) is 0.823. The van der Waals surface area contributed by atoms with Crippen LogP contribution in [0.1, 0.15) is 18.6 Å². The van der Waals surface area contributed by atoms with Crippen LogP contribution in [0.4, 0.5) is 0 Å². The van der Waals surface area contributed by atoms with Crippen molar-refractivity contribution in [3.05, 3.63) is 24.2 Å². The van der Waals surface area contributed by atoms with Crippen molar-refractivity contribution in [3.63, 3.8) is 0 Å². The normalized spacial score (nSPS) is 22.4. The van der Waals surface area contributed by atoms with Gasteiger partial charge in [0.15, 0.2) is 0 Å². The van der Waals surface area contributed by atoms with E-state index < -0.39 is 6.10 Å². The number of hydrogen-bond donors (Lipinski definition) is 1. The number of hydrogen-bond acceptors (Lipinski definition) is 5. The summed E-state index contributed by atoms with van der Waals surface area (Å²) in [5, 5.41) is 10.2. The van der Waals surface area contributed by atoms with Crippen molar-refractivity contribution in [2.75, 3.05) is 45.8 Å². The van der Waals surface area contributed by atoms with Gasteiger partial charge in [-0.2, -0.15) is 0 Å². The van der Waals surface area contributed by atoms with Gasteiger partial charge < -0.3 is 14.4 Å². The van der Waals surface area contributed by atoms with Crippen LogP contribution >= 0.6 is 0 Å². The Morgan fingerprint density at radius 1 is 1.14 bits per heavy atom. The monoisotopic (exact) mass is 307 g/mol. The van der Waals surface area contributed by atoms with Crippen LogP contribution in [0.5, 0.6) is 0 Å². The molecule has 2 aliphatic heterocycles. The minimum atomic E-state index is -0.446. The lowest BCUT2D eigenvalue weighted by molar-refractivity contribution is -0.129. The highest BCUT2D eigenvalue weighted by Crippen LogP contribution is 2.12. The molecule has 1 aromatic heterocycles. The maximum atomic E-state index is 11.6. The van der Waals surface area contributed by atoms with Gasteiger partial charge in [0, 0.05) is 52.2 Å². The van der Waals surface area contributed by atoms with Crippen molar-refractivity contribution in [1.29, 1.82) is 0 Å². The Labute approximate surface area is 131 Å². The van der Waals surface area contributed by atoms with Gasteiger partial charge in [-0.25, -0.2) is 0 Å². The molecule has 6 nitrogen and oxygen atoms in total. The predicted molar refractivity (Wildman–Crippen MR) is 82.2 cm³/mol. The average molecular weight is 307 g/mol. The summed E-state index contributed by atoms with van der Waals surface area (Å²) in [6, 6.07) is 3.92. The number of rotatable bonds is 6. The van der Waals surface area contributed by atoms with E-state index in [4.69, 9.17) is 4.42 Å². The molecule has 3 rings (SSSR count). The number of furan rings is 1. The molecule has 22 heavy (non-hydrogen) atoms. The molecule has 0 bridgehead atoms. The Morgan fingerprint density at radius 3 is 2.55 bits per heavy atom. The molecule has 2 saturated heterocycles. The molecule has 1 N–H and O–H groups in total. The Kier molecular flexibility index (Phi) is 5.12. The standard InChI is InChI=1S/C16H25N3O3/c20-14(12-19-5-1-4-16(19)21)11-17-6-8-18(9-7-17)13-15-3-2-10-22-15/h2-3,10,14,20H,1,4-9,11-13H2. The molecule has 1 atom stereocenters. The smallest absolute Gasteiger partial charge is 0.222 e. The van der Waals surface area contributed by atoms with Crippen molar-refractivity contribution < 1.29 is 14.3 Å². The lowest BCUT2D eigenvalue weighted by Crippen LogP contribution is -2.49. The Balaban J connectivity index is 1.37. The second-order valence-electron chi connectivity index (χ2n) is 6.25. The SMILES string of the molecule is O=C1CCCN1CC(O)CN1CCN(Cc2ccco2)CC1. The highest BCUT2D eigenvalue weighted by Gasteiger charge is 2.25. The topological polar surface area (TPSA) is 60.2 Å². The van der Waals surface area contributed by atoms with Crippen molar-refractivity contribution >= 4 is 5.91 Å². The van der Waals surface area contributed by atoms with E-state index >= 15 is 0 Å². The number of carbonyl (C=O) groups excluding carboxylic acids is 1. The van der Waals surface area contributed by atoms with Crippen LogP contribution in [-0.2, 0) is 11.3 Å². The van der Waals surface area contributed by atoms with Gasteiger partial charge in [0.1, 0.15) is 5.76 Å². The summed E-state index contributed by atoms with van der Waals surface area (Å²) in [4.78, 5) is 18.0. The average Bonchev–Trinajstić information content (AvgIpc) is 3.14. The van der Waals surface area contributed by atoms with Gasteiger partial charge in [-0.05, 0) is 18.6 Å². The number of β-amino-alcohol motifs (C(OH)–C–C–N with tert-alkyl or cyclic N) is 1. The molecule has 2 aliphatic rings. The third kappa shape index (κ3) is 4.09. The molecule has 3 heterocycles. The van der Waals surface area contributed by atoms with Gasteiger partial charge in [0.2, 0.25) is 5.91 Å². The van der Waals surface area contributed by atoms with Crippen LogP contribution in [0.3, 0.4) is 0 Å². The molecule has 1 amide bonds. The minimum Gasteiger partial charge on any atom is -0.468 e. The van der Waals surface area contributed by atoms with Crippen LogP contribution in [-0.4, -0.2) is 77.6 Å². The lowest BCUT2D eigenvalue weighted by Gasteiger charge is -2.35. The second-order valence-corrected chi connectivity index (χ2v) is 6.25. The molecule has 0 radical (unpaired) electrons. The molecule has 0 spiro atoms. The number of nitrogens with zero attached hydrogens (tertiary/aromatic N) is 3. The maximum absolute atomic E-state index is 11.6. The van der Waals surface area contributed by atoms with Crippen LogP contribution in [0.25, 0.3) is 0 Å². The van der Waals surface area contributed by atoms with Gasteiger partial charge in [0.05, 0.1) is 18.9 Å². The van der Waals surface area contributed by atoms with E-state index in [-0.39, 0.29) is 5.91 Å². The van der Waals surface area contributed by atoms with Crippen LogP contribution in [0.2, 0.25) is 0 Å². The molecule has 0 aromatic carbocycles. The Bertz CT molecular complexity index is 469. The van der Waals surface area contributed by atoms with Crippen LogP contribution in [0.15, 0.2) is 22.8 Å². The van der Waals surface area contributed by atoms with E-state index in [0.29, 0.717) is 19.5 Å². The lowest BCUT2D eigenvalue weighted by atomic mass is 10.2. The molecule has 1 aromatic rings. The predicted octanol–water partition coefficient (Wildman–Crippen LogP) is 0.381. The van der Waals surface area contributed by atoms with E-state index in [1.54, 1.807) is 11.2 Å². The molecular weight excluding hydrogens is 282 g/mol. The highest BCUT2D eigenvalue weighted by molar-refractivity contribution is 5.78. The second kappa shape index (κ2) is 7.26. The van der Waals surface area contributed by atoms with E-state index in [1.165, 1.54) is 0 Å². The fourth-order valence-electron chi connectivity index (χ4n) is 3.26. The first-order valence-electron chi connectivity index (χ1n) is 8.13. The van der Waals surface area contributed by atoms with Crippen LogP contribution in [0, 0.1) is 0 Å². The molecule has 2 fully saturated rings. The first-order valence-corrected chi connectivity index (χ1v) is 8.13. The van der Waals surface area contributed by atoms with Gasteiger partial charge in [-0.15, -0.1) is 0 Å². The third-order valence-corrected chi connectivity index (χ3v) is 4.50. The number of amides is 1. The maximum Gasteiger partial charge on any atom is 0.222 e. The number of aliphatic hydroxyl groups is 1. The number of likely N-dealkylation sites (tertiary alicyclic amines) is 1. The van der Waals surface area contributed by atoms with E-state index in [2.05, 4.69) is 9.80 Å². The number of piperazine rings is 1. The van der Waals surface area contributed by atoms with Gasteiger partial charge in [0.25, 0.3) is 0 Å². The summed E-state index contributed by atoms with van der Waals surface area (Å²) < 4.78 is 5.38. The molecule has 6 heteroatoms. The number of aliphatic hydroxyl groups excluding tert-OH is 1. The highest BCUT2D eigenvalue weighted by atomic mass is 16.3. The van der Waals surface area contributed by atoms with Gasteiger partial charge >= 0.3 is 0 Å². The molecular formula is C16H25N3O3. The largest absolute Gasteiger partial charge is 0.468 e. The van der Waals surface area contributed by atoms with E-state index in [9.17, 15) is 9.90 Å². The van der Waals surface area contributed by atoms with Crippen molar-refractivity contribution in [2.24, 2.45) is 0 Å². The summed E-state index contributed by atoms with van der Waals surface area (Å²) in [7, 11) is 0. The molecule has 1 unspecified atom stereocenters. The minimum absolute atomic E-state index is 0.183. The van der Waals surface area contributed by atoms with Gasteiger partial charge in [-0.1, -0.05) is 0 Å². The number of carbonyl (C=O) groups is 1. The zero-order valence-corrected chi connectivity index (χ0v) is 13.0. The Morgan fingerprint density at radius 2 is 1.91 bits per heavy atom. The third-order valence-electron chi connectivity index (χ3n) is 4.50. The summed E-state index contributed by atoms with van der Waals surface area (Å²) >= 11 is 0. The van der Waals surface area contributed by atoms with Crippen molar-refractivity contribution in [1.82, 2.24) is 14.7 Å². The molecule has 0 aliphatic carbocycles. The van der Waals surface area contributed by atoms with Crippen molar-refractivity contribution in [2.45, 2.75) is 25.5 Å². The fraction of sp³-hybridized carbons (Fsp3) is 0.688. The van der Waals surface area contributed by atoms with Gasteiger partial charge in [-0.3, -0.25) is 14.6 Å². The van der Waals surface area contributed by atoms with E-state index in [1.807, 2.05) is 12.1 Å². The first-order chi connectivity index (χ1) is 10.7. The summed E-state index contributed by atoms with van der Waals surface area (Å²) in [5.74, 6) is 1.18. The van der Waals surface area contributed by atoms with Crippen LogP contribution < -0.4 is 0 Å². The zero-order chi connectivity index (χ0) is 15.4. The summed E-state index contributed by atoms with van der Waals surface area (Å²) in [6.45, 7) is 6.64. The first kappa shape index (κ1) is 15.5. The molecule has 122 valence electrons. The summed E-state index contributed by atoms with van der Waals surface area (Å²) in [5.41, 5.74) is 0. The molecule has 0 saturated carbocycles. The summed E-state index contributed by atoms with van der Waals surface area (Å²) in [6.07, 6.45) is 2.83. The Hall–Kier alpha value is -1.37. The van der Waals surface area contributed by atoms with Crippen molar-refractivity contribution in [3.8, 4) is 0 Å².